The molecule has 0 aliphatic carbocycles. The summed E-state index contributed by atoms with van der Waals surface area (Å²) in [5, 5.41) is 2.83. The van der Waals surface area contributed by atoms with Crippen LogP contribution in [0.25, 0.3) is 11.1 Å². The summed E-state index contributed by atoms with van der Waals surface area (Å²) in [7, 11) is 1.68. The Balaban J connectivity index is 1.62. The Labute approximate surface area is 168 Å². The Morgan fingerprint density at radius 1 is 0.964 bits per heavy atom. The third-order valence-corrected chi connectivity index (χ3v) is 5.61. The normalized spacial score (nSPS) is 11.9. The molecule has 4 rings (SSSR count). The average Bonchev–Trinajstić information content (AvgIpc) is 3.19. The van der Waals surface area contributed by atoms with Gasteiger partial charge in [-0.3, -0.25) is 10.7 Å². The Kier molecular flexibility index (Phi) is 5.35. The van der Waals surface area contributed by atoms with Crippen molar-refractivity contribution < 1.29 is 9.72 Å². The SMILES string of the molecule is COc1ccc([C@H](Cc2ccc(-c3ccncc3)cc2)c2csc(N)[nH+]2)cc1. The lowest BCUT2D eigenvalue weighted by molar-refractivity contribution is -0.368. The van der Waals surface area contributed by atoms with Gasteiger partial charge in [0, 0.05) is 17.8 Å². The van der Waals surface area contributed by atoms with E-state index in [0.717, 1.165) is 23.0 Å². The zero-order chi connectivity index (χ0) is 19.3. The van der Waals surface area contributed by atoms with E-state index in [1.165, 1.54) is 33.6 Å². The van der Waals surface area contributed by atoms with Crippen molar-refractivity contribution in [3.05, 3.63) is 95.3 Å². The molecule has 0 radical (unpaired) electrons. The lowest BCUT2D eigenvalue weighted by Crippen LogP contribution is -2.17. The van der Waals surface area contributed by atoms with Gasteiger partial charge in [0.2, 0.25) is 0 Å². The first-order valence-electron chi connectivity index (χ1n) is 9.12. The summed E-state index contributed by atoms with van der Waals surface area (Å²) in [5.41, 5.74) is 12.0. The minimum absolute atomic E-state index is 0.200. The zero-order valence-electron chi connectivity index (χ0n) is 15.6. The van der Waals surface area contributed by atoms with E-state index in [-0.39, 0.29) is 5.92 Å². The predicted molar refractivity (Wildman–Crippen MR) is 114 cm³/mol. The lowest BCUT2D eigenvalue weighted by atomic mass is 9.89. The number of hydrogen-bond donors (Lipinski definition) is 1. The summed E-state index contributed by atoms with van der Waals surface area (Å²) in [6.07, 6.45) is 4.52. The Hall–Kier alpha value is -3.18. The molecule has 1 atom stereocenters. The summed E-state index contributed by atoms with van der Waals surface area (Å²) in [6.45, 7) is 0. The highest BCUT2D eigenvalue weighted by Gasteiger charge is 2.20. The molecule has 3 N–H and O–H groups in total. The van der Waals surface area contributed by atoms with Crippen molar-refractivity contribution in [2.45, 2.75) is 12.3 Å². The zero-order valence-corrected chi connectivity index (χ0v) is 16.4. The summed E-state index contributed by atoms with van der Waals surface area (Å²) < 4.78 is 5.30. The molecule has 2 heterocycles. The van der Waals surface area contributed by atoms with Crippen molar-refractivity contribution in [2.24, 2.45) is 0 Å². The number of H-pyrrole nitrogens is 1. The minimum atomic E-state index is 0.200. The molecule has 0 unspecified atom stereocenters. The molecule has 28 heavy (non-hydrogen) atoms. The third kappa shape index (κ3) is 4.05. The van der Waals surface area contributed by atoms with Crippen LogP contribution in [0.5, 0.6) is 5.75 Å². The fourth-order valence-corrected chi connectivity index (χ4v) is 4.01. The van der Waals surface area contributed by atoms with Crippen LogP contribution in [-0.4, -0.2) is 12.1 Å². The van der Waals surface area contributed by atoms with Crippen LogP contribution in [0.15, 0.2) is 78.4 Å². The molecule has 5 heteroatoms. The van der Waals surface area contributed by atoms with Crippen LogP contribution < -0.4 is 15.5 Å². The van der Waals surface area contributed by atoms with Gasteiger partial charge >= 0.3 is 5.13 Å². The fourth-order valence-electron chi connectivity index (χ4n) is 3.35. The first kappa shape index (κ1) is 18.2. The van der Waals surface area contributed by atoms with Gasteiger partial charge in [-0.1, -0.05) is 47.7 Å². The van der Waals surface area contributed by atoms with E-state index in [1.807, 2.05) is 36.7 Å². The van der Waals surface area contributed by atoms with Crippen molar-refractivity contribution in [3.63, 3.8) is 0 Å². The van der Waals surface area contributed by atoms with Gasteiger partial charge < -0.3 is 4.74 Å². The molecule has 140 valence electrons. The molecular weight excluding hydrogens is 366 g/mol. The number of nitrogen functional groups attached to an aromatic ring is 1. The number of anilines is 1. The molecule has 2 aromatic carbocycles. The second-order valence-electron chi connectivity index (χ2n) is 6.64. The molecular formula is C23H22N3OS+. The molecule has 4 nitrogen and oxygen atoms in total. The van der Waals surface area contributed by atoms with Gasteiger partial charge in [0.25, 0.3) is 0 Å². The highest BCUT2D eigenvalue weighted by Crippen LogP contribution is 2.30. The maximum absolute atomic E-state index is 5.96. The Morgan fingerprint density at radius 3 is 2.25 bits per heavy atom. The standard InChI is InChI=1S/C23H21N3OS/c1-27-20-8-6-19(7-9-20)21(22-15-28-23(24)26-22)14-16-2-4-17(5-3-16)18-10-12-25-13-11-18/h2-13,15,21H,14H2,1H3,(H2,24,26)/p+1/t21-/m0/s1. The first-order chi connectivity index (χ1) is 13.7. The molecule has 0 spiro atoms. The second kappa shape index (κ2) is 8.23. The molecule has 0 saturated heterocycles. The van der Waals surface area contributed by atoms with Crippen LogP contribution in [0.4, 0.5) is 5.13 Å². The van der Waals surface area contributed by atoms with Crippen molar-refractivity contribution in [1.29, 1.82) is 0 Å². The Bertz CT molecular complexity index is 1030. The number of thiazole rings is 1. The van der Waals surface area contributed by atoms with E-state index < -0.39 is 0 Å². The number of aromatic amines is 1. The van der Waals surface area contributed by atoms with Crippen LogP contribution >= 0.6 is 11.3 Å². The Morgan fingerprint density at radius 2 is 1.64 bits per heavy atom. The summed E-state index contributed by atoms with van der Waals surface area (Å²) in [4.78, 5) is 7.41. The van der Waals surface area contributed by atoms with E-state index in [1.54, 1.807) is 7.11 Å². The number of pyridine rings is 1. The van der Waals surface area contributed by atoms with Gasteiger partial charge in [-0.2, -0.15) is 0 Å². The smallest absolute Gasteiger partial charge is 0.329 e. The van der Waals surface area contributed by atoms with Gasteiger partial charge in [0.15, 0.2) is 0 Å². The van der Waals surface area contributed by atoms with E-state index in [0.29, 0.717) is 0 Å². The van der Waals surface area contributed by atoms with Crippen LogP contribution in [0, 0.1) is 0 Å². The average molecular weight is 389 g/mol. The van der Waals surface area contributed by atoms with E-state index >= 15 is 0 Å². The van der Waals surface area contributed by atoms with Crippen molar-refractivity contribution in [3.8, 4) is 16.9 Å². The summed E-state index contributed by atoms with van der Waals surface area (Å²) in [5.74, 6) is 1.06. The molecule has 0 bridgehead atoms. The topological polar surface area (TPSA) is 62.3 Å². The molecule has 2 aromatic heterocycles. The lowest BCUT2D eigenvalue weighted by Gasteiger charge is -2.15. The van der Waals surface area contributed by atoms with Gasteiger partial charge in [0.1, 0.15) is 11.4 Å². The van der Waals surface area contributed by atoms with Crippen molar-refractivity contribution >= 4 is 16.5 Å². The van der Waals surface area contributed by atoms with Crippen molar-refractivity contribution in [2.75, 3.05) is 12.8 Å². The number of aromatic nitrogens is 2. The molecule has 0 saturated carbocycles. The number of hydrogen-bond acceptors (Lipinski definition) is 4. The number of nitrogens with two attached hydrogens (primary N) is 1. The number of ether oxygens (including phenoxy) is 1. The van der Waals surface area contributed by atoms with Crippen LogP contribution in [0.3, 0.4) is 0 Å². The van der Waals surface area contributed by atoms with Gasteiger partial charge in [0.05, 0.1) is 13.0 Å². The molecule has 0 aliphatic rings. The summed E-state index contributed by atoms with van der Waals surface area (Å²) in [6, 6.07) is 21.0. The minimum Gasteiger partial charge on any atom is -0.497 e. The van der Waals surface area contributed by atoms with Crippen molar-refractivity contribution in [1.82, 2.24) is 4.98 Å². The predicted octanol–water partition coefficient (Wildman–Crippen LogP) is 4.59. The maximum atomic E-state index is 5.96. The fraction of sp³-hybridized carbons (Fsp3) is 0.130. The number of methoxy groups -OCH3 is 1. The maximum Gasteiger partial charge on any atom is 0.329 e. The molecule has 0 aliphatic heterocycles. The highest BCUT2D eigenvalue weighted by molar-refractivity contribution is 7.13. The van der Waals surface area contributed by atoms with E-state index in [4.69, 9.17) is 10.5 Å². The highest BCUT2D eigenvalue weighted by atomic mass is 32.1. The third-order valence-electron chi connectivity index (χ3n) is 4.88. The second-order valence-corrected chi connectivity index (χ2v) is 7.55. The number of nitrogens with zero attached hydrogens (tertiary/aromatic N) is 1. The van der Waals surface area contributed by atoms with Gasteiger partial charge in [-0.25, -0.2) is 4.98 Å². The number of nitrogens with one attached hydrogen (secondary N) is 1. The van der Waals surface area contributed by atoms with Crippen LogP contribution in [0.2, 0.25) is 0 Å². The molecule has 0 fully saturated rings. The molecule has 0 amide bonds. The first-order valence-corrected chi connectivity index (χ1v) is 10.0. The van der Waals surface area contributed by atoms with E-state index in [9.17, 15) is 0 Å². The van der Waals surface area contributed by atoms with Crippen LogP contribution in [-0.2, 0) is 6.42 Å². The van der Waals surface area contributed by atoms with Gasteiger partial charge in [-0.05, 0) is 52.9 Å². The quantitative estimate of drug-likeness (QED) is 0.525. The molecule has 4 aromatic rings. The van der Waals surface area contributed by atoms with E-state index in [2.05, 4.69) is 51.7 Å². The van der Waals surface area contributed by atoms with Gasteiger partial charge in [-0.15, -0.1) is 0 Å². The number of rotatable bonds is 6. The summed E-state index contributed by atoms with van der Waals surface area (Å²) >= 11 is 1.54. The number of benzene rings is 2. The van der Waals surface area contributed by atoms with Crippen LogP contribution in [0.1, 0.15) is 22.7 Å². The largest absolute Gasteiger partial charge is 0.497 e. The monoisotopic (exact) mass is 388 g/mol.